The first-order chi connectivity index (χ1) is 9.44. The summed E-state index contributed by atoms with van der Waals surface area (Å²) >= 11 is 0. The molecule has 2 nitrogen and oxygen atoms in total. The van der Waals surface area contributed by atoms with Gasteiger partial charge in [-0.3, -0.25) is 0 Å². The van der Waals surface area contributed by atoms with Crippen LogP contribution in [0.15, 0.2) is 54.6 Å². The van der Waals surface area contributed by atoms with Crippen molar-refractivity contribution in [1.29, 1.82) is 0 Å². The summed E-state index contributed by atoms with van der Waals surface area (Å²) in [6.45, 7) is 0. The van der Waals surface area contributed by atoms with Crippen LogP contribution < -0.4 is 10.5 Å². The summed E-state index contributed by atoms with van der Waals surface area (Å²) in [7, 11) is 0. The zero-order valence-electron chi connectivity index (χ0n) is 10.6. The smallest absolute Gasteiger partial charge is 0.390 e. The van der Waals surface area contributed by atoms with Gasteiger partial charge in [-0.25, -0.2) is 0 Å². The molecule has 0 bridgehead atoms. The molecule has 0 aliphatic heterocycles. The van der Waals surface area contributed by atoms with Crippen LogP contribution in [0.4, 0.5) is 13.2 Å². The number of para-hydroxylation sites is 1. The Morgan fingerprint density at radius 1 is 0.900 bits per heavy atom. The minimum Gasteiger partial charge on any atom is -0.457 e. The number of ether oxygens (including phenoxy) is 1. The molecule has 2 N–H and O–H groups in total. The van der Waals surface area contributed by atoms with Gasteiger partial charge in [-0.2, -0.15) is 13.2 Å². The van der Waals surface area contributed by atoms with Gasteiger partial charge in [-0.1, -0.05) is 30.3 Å². The normalized spacial score (nSPS) is 13.0. The number of rotatable bonds is 4. The monoisotopic (exact) mass is 281 g/mol. The molecule has 2 aromatic rings. The van der Waals surface area contributed by atoms with Crippen LogP contribution in [0.2, 0.25) is 0 Å². The number of benzene rings is 2. The second-order valence-electron chi connectivity index (χ2n) is 4.41. The van der Waals surface area contributed by atoms with Gasteiger partial charge in [-0.15, -0.1) is 0 Å². The van der Waals surface area contributed by atoms with E-state index in [1.807, 2.05) is 18.2 Å². The molecule has 0 aliphatic carbocycles. The van der Waals surface area contributed by atoms with Crippen LogP contribution in [0.25, 0.3) is 0 Å². The lowest BCUT2D eigenvalue weighted by atomic mass is 10.0. The van der Waals surface area contributed by atoms with E-state index in [1.54, 1.807) is 36.4 Å². The van der Waals surface area contributed by atoms with Crippen LogP contribution in [-0.2, 0) is 0 Å². The molecule has 5 heteroatoms. The first-order valence-electron chi connectivity index (χ1n) is 6.09. The largest absolute Gasteiger partial charge is 0.457 e. The van der Waals surface area contributed by atoms with Crippen molar-refractivity contribution in [2.75, 3.05) is 0 Å². The summed E-state index contributed by atoms with van der Waals surface area (Å²) in [6, 6.07) is 14.4. The second kappa shape index (κ2) is 5.96. The van der Waals surface area contributed by atoms with Crippen LogP contribution in [-0.4, -0.2) is 6.18 Å². The quantitative estimate of drug-likeness (QED) is 0.899. The van der Waals surface area contributed by atoms with Crippen molar-refractivity contribution < 1.29 is 17.9 Å². The molecule has 0 amide bonds. The fraction of sp³-hybridized carbons (Fsp3) is 0.200. The Kier molecular flexibility index (Phi) is 4.29. The van der Waals surface area contributed by atoms with Gasteiger partial charge in [-0.05, 0) is 29.8 Å². The van der Waals surface area contributed by atoms with Gasteiger partial charge in [0, 0.05) is 6.04 Å². The third-order valence-electron chi connectivity index (χ3n) is 2.74. The fourth-order valence-corrected chi connectivity index (χ4v) is 1.77. The van der Waals surface area contributed by atoms with E-state index < -0.39 is 18.6 Å². The summed E-state index contributed by atoms with van der Waals surface area (Å²) in [5.41, 5.74) is 5.96. The van der Waals surface area contributed by atoms with E-state index in [0.29, 0.717) is 17.1 Å². The molecule has 20 heavy (non-hydrogen) atoms. The van der Waals surface area contributed by atoms with Gasteiger partial charge in [0.1, 0.15) is 11.5 Å². The lowest BCUT2D eigenvalue weighted by Crippen LogP contribution is -2.20. The summed E-state index contributed by atoms with van der Waals surface area (Å²) in [6.07, 6.45) is -5.30. The van der Waals surface area contributed by atoms with Gasteiger partial charge in [0.2, 0.25) is 0 Å². The van der Waals surface area contributed by atoms with Crippen molar-refractivity contribution in [3.05, 3.63) is 60.2 Å². The first kappa shape index (κ1) is 14.4. The highest BCUT2D eigenvalue weighted by Gasteiger charge is 2.30. The van der Waals surface area contributed by atoms with Crippen molar-refractivity contribution in [2.45, 2.75) is 18.6 Å². The molecule has 0 radical (unpaired) electrons. The van der Waals surface area contributed by atoms with Crippen LogP contribution in [0.3, 0.4) is 0 Å². The average Bonchev–Trinajstić information content (AvgIpc) is 2.39. The van der Waals surface area contributed by atoms with Crippen LogP contribution >= 0.6 is 0 Å². The van der Waals surface area contributed by atoms with E-state index in [1.165, 1.54) is 0 Å². The highest BCUT2D eigenvalue weighted by atomic mass is 19.4. The summed E-state index contributed by atoms with van der Waals surface area (Å²) < 4.78 is 42.3. The molecular formula is C15H14F3NO. The Balaban J connectivity index is 2.03. The molecule has 0 saturated heterocycles. The van der Waals surface area contributed by atoms with Crippen molar-refractivity contribution in [3.8, 4) is 11.5 Å². The Hall–Kier alpha value is -2.01. The second-order valence-corrected chi connectivity index (χ2v) is 4.41. The molecule has 2 aromatic carbocycles. The van der Waals surface area contributed by atoms with Crippen molar-refractivity contribution in [2.24, 2.45) is 5.73 Å². The third kappa shape index (κ3) is 4.28. The summed E-state index contributed by atoms with van der Waals surface area (Å²) in [5.74, 6) is 1.22. The number of alkyl halides is 3. The molecule has 2 rings (SSSR count). The lowest BCUT2D eigenvalue weighted by Gasteiger charge is -2.15. The Morgan fingerprint density at radius 2 is 1.45 bits per heavy atom. The number of hydrogen-bond donors (Lipinski definition) is 1. The first-order valence-corrected chi connectivity index (χ1v) is 6.09. The molecule has 0 aromatic heterocycles. The van der Waals surface area contributed by atoms with E-state index >= 15 is 0 Å². The maximum Gasteiger partial charge on any atom is 0.390 e. The van der Waals surface area contributed by atoms with Gasteiger partial charge in [0.05, 0.1) is 6.42 Å². The highest BCUT2D eigenvalue weighted by molar-refractivity contribution is 5.33. The zero-order chi connectivity index (χ0) is 14.6. The molecule has 0 fully saturated rings. The van der Waals surface area contributed by atoms with E-state index in [9.17, 15) is 13.2 Å². The van der Waals surface area contributed by atoms with Gasteiger partial charge < -0.3 is 10.5 Å². The summed E-state index contributed by atoms with van der Waals surface area (Å²) in [4.78, 5) is 0. The number of hydrogen-bond acceptors (Lipinski definition) is 2. The maximum absolute atomic E-state index is 12.3. The predicted molar refractivity (Wildman–Crippen MR) is 70.6 cm³/mol. The lowest BCUT2D eigenvalue weighted by molar-refractivity contribution is -0.138. The molecule has 0 unspecified atom stereocenters. The van der Waals surface area contributed by atoms with Crippen molar-refractivity contribution in [1.82, 2.24) is 0 Å². The standard InChI is InChI=1S/C15H14F3NO/c16-15(17,18)10-14(19)11-6-8-13(9-7-11)20-12-4-2-1-3-5-12/h1-9,14H,10,19H2/t14-/m1/s1. The van der Waals surface area contributed by atoms with Crippen LogP contribution in [0.1, 0.15) is 18.0 Å². The van der Waals surface area contributed by atoms with Crippen LogP contribution in [0, 0.1) is 0 Å². The molecule has 0 saturated carbocycles. The molecular weight excluding hydrogens is 267 g/mol. The average molecular weight is 281 g/mol. The van der Waals surface area contributed by atoms with Gasteiger partial charge >= 0.3 is 6.18 Å². The van der Waals surface area contributed by atoms with E-state index in [0.717, 1.165) is 0 Å². The summed E-state index contributed by atoms with van der Waals surface area (Å²) in [5, 5.41) is 0. The van der Waals surface area contributed by atoms with E-state index in [4.69, 9.17) is 10.5 Å². The molecule has 0 aliphatic rings. The highest BCUT2D eigenvalue weighted by Crippen LogP contribution is 2.29. The molecule has 0 heterocycles. The van der Waals surface area contributed by atoms with E-state index in [2.05, 4.69) is 0 Å². The predicted octanol–water partition coefficient (Wildman–Crippen LogP) is 4.43. The van der Waals surface area contributed by atoms with Gasteiger partial charge in [0.15, 0.2) is 0 Å². The SMILES string of the molecule is N[C@H](CC(F)(F)F)c1ccc(Oc2ccccc2)cc1. The number of halogens is 3. The minimum absolute atomic E-state index is 0.433. The number of nitrogens with two attached hydrogens (primary N) is 1. The Morgan fingerprint density at radius 3 is 2.00 bits per heavy atom. The molecule has 1 atom stereocenters. The molecule has 106 valence electrons. The Labute approximate surface area is 115 Å². The van der Waals surface area contributed by atoms with Crippen molar-refractivity contribution in [3.63, 3.8) is 0 Å². The fourth-order valence-electron chi connectivity index (χ4n) is 1.77. The topological polar surface area (TPSA) is 35.2 Å². The zero-order valence-corrected chi connectivity index (χ0v) is 10.6. The van der Waals surface area contributed by atoms with Crippen molar-refractivity contribution >= 4 is 0 Å². The van der Waals surface area contributed by atoms with Gasteiger partial charge in [0.25, 0.3) is 0 Å². The Bertz CT molecular complexity index is 537. The van der Waals surface area contributed by atoms with Crippen LogP contribution in [0.5, 0.6) is 11.5 Å². The third-order valence-corrected chi connectivity index (χ3v) is 2.74. The maximum atomic E-state index is 12.3. The molecule has 0 spiro atoms. The minimum atomic E-state index is -4.27. The van der Waals surface area contributed by atoms with E-state index in [-0.39, 0.29) is 0 Å².